The van der Waals surface area contributed by atoms with E-state index in [1.54, 1.807) is 6.92 Å². The van der Waals surface area contributed by atoms with Crippen molar-refractivity contribution in [2.24, 2.45) is 0 Å². The zero-order valence-corrected chi connectivity index (χ0v) is 13.1. The average Bonchev–Trinajstić information content (AvgIpc) is 2.80. The van der Waals surface area contributed by atoms with Crippen LogP contribution in [0.4, 0.5) is 4.39 Å². The third kappa shape index (κ3) is 2.89. The van der Waals surface area contributed by atoms with Crippen molar-refractivity contribution in [3.63, 3.8) is 0 Å². The van der Waals surface area contributed by atoms with Crippen LogP contribution in [0, 0.1) is 12.7 Å². The molecule has 0 amide bonds. The molecule has 0 aromatic heterocycles. The molecule has 1 atom stereocenters. The fourth-order valence-corrected chi connectivity index (χ4v) is 3.03. The van der Waals surface area contributed by atoms with E-state index in [1.807, 2.05) is 31.2 Å². The van der Waals surface area contributed by atoms with Crippen LogP contribution < -0.4 is 4.74 Å². The van der Waals surface area contributed by atoms with E-state index in [2.05, 4.69) is 0 Å². The molecule has 0 radical (unpaired) electrons. The van der Waals surface area contributed by atoms with Crippen molar-refractivity contribution in [2.75, 3.05) is 0 Å². The number of ketones is 1. The van der Waals surface area contributed by atoms with Crippen LogP contribution in [-0.4, -0.2) is 11.8 Å². The Morgan fingerprint density at radius 2 is 2.00 bits per heavy atom. The fourth-order valence-electron chi connectivity index (χ4n) is 3.03. The first-order valence-electron chi connectivity index (χ1n) is 7.58. The Morgan fingerprint density at radius 3 is 2.74 bits per heavy atom. The molecule has 118 valence electrons. The minimum atomic E-state index is -0.458. The second-order valence-electron chi connectivity index (χ2n) is 5.94. The summed E-state index contributed by atoms with van der Waals surface area (Å²) in [5.41, 5.74) is 2.45. The molecular formula is C19H17FO3. The maximum absolute atomic E-state index is 13.9. The highest BCUT2D eigenvalue weighted by molar-refractivity contribution is 6.04. The Balaban J connectivity index is 1.86. The smallest absolute Gasteiger partial charge is 0.315 e. The Kier molecular flexibility index (Phi) is 3.99. The fraction of sp³-hybridized carbons (Fsp3) is 0.263. The first-order chi connectivity index (χ1) is 11.0. The number of hydrogen-bond acceptors (Lipinski definition) is 3. The Morgan fingerprint density at radius 1 is 1.26 bits per heavy atom. The van der Waals surface area contributed by atoms with Gasteiger partial charge in [0.05, 0.1) is 12.0 Å². The standard InChI is InChI=1S/C19H17FO3/c1-11-5-3-4-6-13(11)10-17(22)23-16-8-7-14(20)18-12(2)9-15(21)19(16)18/h3-8,12H,9-10H2,1-2H3. The minimum Gasteiger partial charge on any atom is -0.425 e. The SMILES string of the molecule is Cc1ccccc1CC(=O)Oc1ccc(F)c2c1C(=O)CC2C. The lowest BCUT2D eigenvalue weighted by Gasteiger charge is -2.11. The number of Topliss-reactive ketones (excluding diaryl/α,β-unsaturated/α-hetero) is 1. The molecule has 1 aliphatic carbocycles. The molecule has 3 rings (SSSR count). The summed E-state index contributed by atoms with van der Waals surface area (Å²) in [5.74, 6) is -1.08. The van der Waals surface area contributed by atoms with Gasteiger partial charge in [-0.15, -0.1) is 0 Å². The van der Waals surface area contributed by atoms with Crippen molar-refractivity contribution in [1.82, 2.24) is 0 Å². The molecule has 0 fully saturated rings. The van der Waals surface area contributed by atoms with Gasteiger partial charge in [-0.25, -0.2) is 4.39 Å². The monoisotopic (exact) mass is 312 g/mol. The van der Waals surface area contributed by atoms with Crippen molar-refractivity contribution in [1.29, 1.82) is 0 Å². The van der Waals surface area contributed by atoms with E-state index in [0.29, 0.717) is 5.56 Å². The van der Waals surface area contributed by atoms with E-state index in [0.717, 1.165) is 11.1 Å². The van der Waals surface area contributed by atoms with Gasteiger partial charge in [0.15, 0.2) is 5.78 Å². The number of esters is 1. The number of carbonyl (C=O) groups is 2. The van der Waals surface area contributed by atoms with Gasteiger partial charge in [-0.2, -0.15) is 0 Å². The van der Waals surface area contributed by atoms with Crippen LogP contribution in [0.15, 0.2) is 36.4 Å². The van der Waals surface area contributed by atoms with Crippen LogP contribution >= 0.6 is 0 Å². The van der Waals surface area contributed by atoms with Crippen LogP contribution in [0.25, 0.3) is 0 Å². The third-order valence-electron chi connectivity index (χ3n) is 4.24. The van der Waals surface area contributed by atoms with E-state index in [1.165, 1.54) is 12.1 Å². The summed E-state index contributed by atoms with van der Waals surface area (Å²) >= 11 is 0. The van der Waals surface area contributed by atoms with Gasteiger partial charge < -0.3 is 4.74 Å². The molecule has 2 aromatic carbocycles. The number of rotatable bonds is 3. The maximum Gasteiger partial charge on any atom is 0.315 e. The van der Waals surface area contributed by atoms with Crippen LogP contribution in [0.3, 0.4) is 0 Å². The van der Waals surface area contributed by atoms with E-state index < -0.39 is 11.8 Å². The maximum atomic E-state index is 13.9. The largest absolute Gasteiger partial charge is 0.425 e. The summed E-state index contributed by atoms with van der Waals surface area (Å²) in [6.45, 7) is 3.72. The summed E-state index contributed by atoms with van der Waals surface area (Å²) in [5, 5.41) is 0. The van der Waals surface area contributed by atoms with Crippen LogP contribution in [0.5, 0.6) is 5.75 Å². The van der Waals surface area contributed by atoms with E-state index in [-0.39, 0.29) is 35.9 Å². The van der Waals surface area contributed by atoms with Gasteiger partial charge in [-0.3, -0.25) is 9.59 Å². The number of ether oxygens (including phenoxy) is 1. The first-order valence-corrected chi connectivity index (χ1v) is 7.58. The van der Waals surface area contributed by atoms with Crippen molar-refractivity contribution in [2.45, 2.75) is 32.6 Å². The number of carbonyl (C=O) groups excluding carboxylic acids is 2. The molecule has 0 saturated heterocycles. The highest BCUT2D eigenvalue weighted by atomic mass is 19.1. The van der Waals surface area contributed by atoms with Gasteiger partial charge in [0, 0.05) is 12.0 Å². The second-order valence-corrected chi connectivity index (χ2v) is 5.94. The minimum absolute atomic E-state index is 0.114. The van der Waals surface area contributed by atoms with Gasteiger partial charge in [-0.05, 0) is 36.1 Å². The lowest BCUT2D eigenvalue weighted by molar-refractivity contribution is -0.133. The Bertz CT molecular complexity index is 795. The highest BCUT2D eigenvalue weighted by Crippen LogP contribution is 2.39. The van der Waals surface area contributed by atoms with Gasteiger partial charge in [0.1, 0.15) is 11.6 Å². The molecule has 3 nitrogen and oxygen atoms in total. The Labute approximate surface area is 134 Å². The topological polar surface area (TPSA) is 43.4 Å². The van der Waals surface area contributed by atoms with Crippen LogP contribution in [-0.2, 0) is 11.2 Å². The number of benzene rings is 2. The zero-order chi connectivity index (χ0) is 16.6. The lowest BCUT2D eigenvalue weighted by Crippen LogP contribution is -2.14. The van der Waals surface area contributed by atoms with E-state index >= 15 is 0 Å². The predicted octanol–water partition coefficient (Wildman–Crippen LogP) is 3.97. The average molecular weight is 312 g/mol. The molecular weight excluding hydrogens is 295 g/mol. The molecule has 4 heteroatoms. The molecule has 1 unspecified atom stereocenters. The van der Waals surface area contributed by atoms with Crippen LogP contribution in [0.1, 0.15) is 46.3 Å². The quantitative estimate of drug-likeness (QED) is 0.636. The third-order valence-corrected chi connectivity index (χ3v) is 4.24. The predicted molar refractivity (Wildman–Crippen MR) is 84.3 cm³/mol. The summed E-state index contributed by atoms with van der Waals surface area (Å²) in [6.07, 6.45) is 0.362. The number of aryl methyl sites for hydroxylation is 1. The Hall–Kier alpha value is -2.49. The van der Waals surface area contributed by atoms with Gasteiger partial charge >= 0.3 is 5.97 Å². The van der Waals surface area contributed by atoms with Gasteiger partial charge in [0.25, 0.3) is 0 Å². The molecule has 0 bridgehead atoms. The molecule has 0 spiro atoms. The molecule has 0 heterocycles. The molecule has 1 aliphatic rings. The number of hydrogen-bond donors (Lipinski definition) is 0. The summed E-state index contributed by atoms with van der Waals surface area (Å²) in [7, 11) is 0. The van der Waals surface area contributed by atoms with Crippen LogP contribution in [0.2, 0.25) is 0 Å². The normalized spacial score (nSPS) is 16.3. The van der Waals surface area contributed by atoms with Gasteiger partial charge in [-0.1, -0.05) is 31.2 Å². The molecule has 0 N–H and O–H groups in total. The summed E-state index contributed by atoms with van der Waals surface area (Å²) < 4.78 is 19.3. The number of halogens is 1. The van der Waals surface area contributed by atoms with Crippen molar-refractivity contribution >= 4 is 11.8 Å². The molecule has 23 heavy (non-hydrogen) atoms. The van der Waals surface area contributed by atoms with Crippen molar-refractivity contribution < 1.29 is 18.7 Å². The molecule has 0 aliphatic heterocycles. The van der Waals surface area contributed by atoms with Crippen molar-refractivity contribution in [3.8, 4) is 5.75 Å². The number of fused-ring (bicyclic) bond motifs is 1. The molecule has 0 saturated carbocycles. The first kappa shape index (κ1) is 15.4. The summed E-state index contributed by atoms with van der Waals surface area (Å²) in [4.78, 5) is 24.3. The van der Waals surface area contributed by atoms with Crippen molar-refractivity contribution in [3.05, 3.63) is 64.5 Å². The molecule has 2 aromatic rings. The van der Waals surface area contributed by atoms with E-state index in [9.17, 15) is 14.0 Å². The zero-order valence-electron chi connectivity index (χ0n) is 13.1. The highest BCUT2D eigenvalue weighted by Gasteiger charge is 2.33. The lowest BCUT2D eigenvalue weighted by atomic mass is 10.0. The van der Waals surface area contributed by atoms with Gasteiger partial charge in [0.2, 0.25) is 0 Å². The van der Waals surface area contributed by atoms with E-state index in [4.69, 9.17) is 4.74 Å². The second kappa shape index (κ2) is 5.95. The summed E-state index contributed by atoms with van der Waals surface area (Å²) in [6, 6.07) is 10.2.